The first-order chi connectivity index (χ1) is 5.86. The van der Waals surface area contributed by atoms with Gasteiger partial charge in [0.05, 0.1) is 19.3 Å². The minimum atomic E-state index is 0.426. The van der Waals surface area contributed by atoms with E-state index in [0.29, 0.717) is 12.2 Å². The molecular weight excluding hydrogens is 168 g/mol. The Morgan fingerprint density at radius 3 is 2.92 bits per heavy atom. The summed E-state index contributed by atoms with van der Waals surface area (Å²) in [6.07, 6.45) is 4.65. The van der Waals surface area contributed by atoms with Gasteiger partial charge < -0.3 is 9.47 Å². The van der Waals surface area contributed by atoms with Gasteiger partial charge in [0, 0.05) is 10.2 Å². The Morgan fingerprint density at radius 1 is 1.67 bits per heavy atom. The lowest BCUT2D eigenvalue weighted by atomic mass is 10.1. The number of epoxide rings is 1. The van der Waals surface area contributed by atoms with Crippen LogP contribution in [0.2, 0.25) is 6.04 Å². The van der Waals surface area contributed by atoms with Crippen LogP contribution in [-0.2, 0) is 9.47 Å². The first-order valence-corrected chi connectivity index (χ1v) is 6.51. The Morgan fingerprint density at radius 2 is 2.42 bits per heavy atom. The van der Waals surface area contributed by atoms with E-state index < -0.39 is 0 Å². The van der Waals surface area contributed by atoms with E-state index >= 15 is 0 Å². The van der Waals surface area contributed by atoms with Gasteiger partial charge in [-0.3, -0.25) is 0 Å². The summed E-state index contributed by atoms with van der Waals surface area (Å²) in [5.74, 6) is 0. The molecule has 1 fully saturated rings. The summed E-state index contributed by atoms with van der Waals surface area (Å²) in [7, 11) is 1.33. The topological polar surface area (TPSA) is 21.8 Å². The zero-order valence-corrected chi connectivity index (χ0v) is 10.2. The maximum absolute atomic E-state index is 5.71. The second kappa shape index (κ2) is 5.73. The molecule has 2 nitrogen and oxygen atoms in total. The molecule has 0 amide bonds. The first-order valence-electron chi connectivity index (χ1n) is 5.10. The molecule has 2 unspecified atom stereocenters. The van der Waals surface area contributed by atoms with Crippen LogP contribution in [0.1, 0.15) is 26.2 Å². The smallest absolute Gasteiger partial charge is 0.104 e. The molecule has 1 aliphatic heterocycles. The lowest BCUT2D eigenvalue weighted by molar-refractivity contribution is 0.0347. The van der Waals surface area contributed by atoms with Crippen LogP contribution in [0.5, 0.6) is 0 Å². The van der Waals surface area contributed by atoms with E-state index in [9.17, 15) is 0 Å². The van der Waals surface area contributed by atoms with Gasteiger partial charge in [-0.1, -0.05) is 19.4 Å². The molecule has 1 heterocycles. The van der Waals surface area contributed by atoms with Crippen molar-refractivity contribution >= 4 is 10.2 Å². The Kier molecular flexibility index (Phi) is 4.88. The van der Waals surface area contributed by atoms with Gasteiger partial charge in [0.1, 0.15) is 6.10 Å². The second-order valence-corrected chi connectivity index (χ2v) is 4.46. The monoisotopic (exact) mass is 188 g/mol. The van der Waals surface area contributed by atoms with Gasteiger partial charge in [-0.05, 0) is 12.8 Å². The molecule has 3 heteroatoms. The summed E-state index contributed by atoms with van der Waals surface area (Å²) in [5, 5.41) is 0. The fourth-order valence-electron chi connectivity index (χ4n) is 1.24. The van der Waals surface area contributed by atoms with Crippen LogP contribution in [0, 0.1) is 0 Å². The average molecular weight is 188 g/mol. The fourth-order valence-corrected chi connectivity index (χ4v) is 1.65. The van der Waals surface area contributed by atoms with Crippen LogP contribution < -0.4 is 0 Å². The third kappa shape index (κ3) is 4.23. The number of hydrogen-bond acceptors (Lipinski definition) is 2. The van der Waals surface area contributed by atoms with Crippen LogP contribution in [-0.4, -0.2) is 35.7 Å². The van der Waals surface area contributed by atoms with E-state index in [1.165, 1.54) is 29.1 Å². The second-order valence-electron chi connectivity index (χ2n) is 3.46. The molecule has 0 aromatic rings. The summed E-state index contributed by atoms with van der Waals surface area (Å²) >= 11 is 0. The lowest BCUT2D eigenvalue weighted by Crippen LogP contribution is -2.15. The molecule has 0 spiro atoms. The van der Waals surface area contributed by atoms with Gasteiger partial charge in [-0.25, -0.2) is 0 Å². The third-order valence-corrected chi connectivity index (χ3v) is 2.96. The molecule has 0 saturated carbocycles. The molecule has 1 saturated heterocycles. The van der Waals surface area contributed by atoms with Crippen LogP contribution in [0.4, 0.5) is 0 Å². The minimum Gasteiger partial charge on any atom is -0.375 e. The Labute approximate surface area is 78.1 Å². The van der Waals surface area contributed by atoms with Crippen molar-refractivity contribution in [1.29, 1.82) is 0 Å². The molecule has 12 heavy (non-hydrogen) atoms. The highest BCUT2D eigenvalue weighted by molar-refractivity contribution is 6.08. The summed E-state index contributed by atoms with van der Waals surface area (Å²) in [4.78, 5) is 0. The summed E-state index contributed by atoms with van der Waals surface area (Å²) in [5.41, 5.74) is 0. The molecule has 0 aliphatic carbocycles. The minimum absolute atomic E-state index is 0.426. The maximum atomic E-state index is 5.71. The first kappa shape index (κ1) is 10.2. The zero-order chi connectivity index (χ0) is 8.81. The molecule has 1 rings (SSSR count). The van der Waals surface area contributed by atoms with E-state index in [-0.39, 0.29) is 0 Å². The Bertz CT molecular complexity index is 115. The highest BCUT2D eigenvalue weighted by Crippen LogP contribution is 2.13. The Hall–Kier alpha value is 0.137. The van der Waals surface area contributed by atoms with Crippen LogP contribution in [0.3, 0.4) is 0 Å². The molecule has 0 aromatic carbocycles. The molecule has 0 aromatic heterocycles. The summed E-state index contributed by atoms with van der Waals surface area (Å²) in [6.45, 7) is 3.93. The third-order valence-electron chi connectivity index (χ3n) is 2.26. The molecule has 0 radical (unpaired) electrons. The van der Waals surface area contributed by atoms with Crippen LogP contribution in [0.15, 0.2) is 0 Å². The van der Waals surface area contributed by atoms with E-state index in [4.69, 9.17) is 9.47 Å². The highest BCUT2D eigenvalue weighted by Gasteiger charge is 2.23. The Balaban J connectivity index is 1.98. The van der Waals surface area contributed by atoms with Gasteiger partial charge in [0.15, 0.2) is 0 Å². The van der Waals surface area contributed by atoms with Crippen LogP contribution in [0.25, 0.3) is 0 Å². The van der Waals surface area contributed by atoms with Gasteiger partial charge in [-0.15, -0.1) is 0 Å². The number of ether oxygens (including phenoxy) is 2. The van der Waals surface area contributed by atoms with Crippen molar-refractivity contribution < 1.29 is 9.47 Å². The highest BCUT2D eigenvalue weighted by atomic mass is 28.1. The van der Waals surface area contributed by atoms with Gasteiger partial charge in [-0.2, -0.15) is 0 Å². The molecule has 1 aliphatic rings. The standard InChI is InChI=1S/C9H20O2Si/c1-2-8(4-3-5-12)10-6-9-7-11-9/h8-9H,2-7H2,1,12H3. The van der Waals surface area contributed by atoms with Gasteiger partial charge in [0.2, 0.25) is 0 Å². The lowest BCUT2D eigenvalue weighted by Gasteiger charge is -2.14. The number of hydrogen-bond donors (Lipinski definition) is 0. The maximum Gasteiger partial charge on any atom is 0.104 e. The van der Waals surface area contributed by atoms with E-state index in [0.717, 1.165) is 19.6 Å². The molecule has 72 valence electrons. The van der Waals surface area contributed by atoms with E-state index in [1.54, 1.807) is 0 Å². The number of rotatable bonds is 7. The average Bonchev–Trinajstić information content (AvgIpc) is 2.89. The SMILES string of the molecule is CCC(CCC[SiH3])OCC1CO1. The van der Waals surface area contributed by atoms with Crippen molar-refractivity contribution in [1.82, 2.24) is 0 Å². The fraction of sp³-hybridized carbons (Fsp3) is 1.00. The van der Waals surface area contributed by atoms with E-state index in [2.05, 4.69) is 6.92 Å². The van der Waals surface area contributed by atoms with Gasteiger partial charge >= 0.3 is 0 Å². The van der Waals surface area contributed by atoms with Crippen molar-refractivity contribution in [2.24, 2.45) is 0 Å². The summed E-state index contributed by atoms with van der Waals surface area (Å²) in [6, 6.07) is 1.40. The molecular formula is C9H20O2Si. The van der Waals surface area contributed by atoms with Gasteiger partial charge in [0.25, 0.3) is 0 Å². The van der Waals surface area contributed by atoms with Crippen molar-refractivity contribution in [2.75, 3.05) is 13.2 Å². The zero-order valence-electron chi connectivity index (χ0n) is 8.21. The van der Waals surface area contributed by atoms with E-state index in [1.807, 2.05) is 0 Å². The normalized spacial score (nSPS) is 24.2. The predicted molar refractivity (Wildman–Crippen MR) is 53.8 cm³/mol. The van der Waals surface area contributed by atoms with Crippen molar-refractivity contribution in [3.63, 3.8) is 0 Å². The van der Waals surface area contributed by atoms with Crippen molar-refractivity contribution in [3.8, 4) is 0 Å². The summed E-state index contributed by atoms with van der Waals surface area (Å²) < 4.78 is 10.8. The largest absolute Gasteiger partial charge is 0.375 e. The predicted octanol–water partition coefficient (Wildman–Crippen LogP) is 0.744. The van der Waals surface area contributed by atoms with Crippen molar-refractivity contribution in [3.05, 3.63) is 0 Å². The molecule has 0 bridgehead atoms. The molecule has 2 atom stereocenters. The molecule has 0 N–H and O–H groups in total. The van der Waals surface area contributed by atoms with Crippen molar-refractivity contribution in [2.45, 2.75) is 44.4 Å². The quantitative estimate of drug-likeness (QED) is 0.434. The van der Waals surface area contributed by atoms with Crippen LogP contribution >= 0.6 is 0 Å².